The average molecular weight is 443 g/mol. The Hall–Kier alpha value is -2.66. The normalized spacial score (nSPS) is 16.6. The molecule has 0 aromatic heterocycles. The molecule has 1 atom stereocenters. The third-order valence-corrected chi connectivity index (χ3v) is 5.80. The van der Waals surface area contributed by atoms with Crippen LogP contribution in [0.4, 0.5) is 10.1 Å². The number of carbonyl (C=O) groups excluding carboxylic acids is 2. The zero-order valence-corrected chi connectivity index (χ0v) is 18.7. The van der Waals surface area contributed by atoms with Crippen LogP contribution in [-0.2, 0) is 9.59 Å². The molecule has 0 spiro atoms. The molecule has 164 valence electrons. The lowest BCUT2D eigenvalue weighted by molar-refractivity contribution is -0.132. The molecule has 1 N–H and O–H groups in total. The lowest BCUT2D eigenvalue weighted by atomic mass is 9.96. The number of rotatable bonds is 8. The molecule has 1 saturated heterocycles. The summed E-state index contributed by atoms with van der Waals surface area (Å²) in [6, 6.07) is 11.7. The predicted octanol–water partition coefficient (Wildman–Crippen LogP) is 5.53. The lowest BCUT2D eigenvalue weighted by Gasteiger charge is -2.17. The maximum Gasteiger partial charge on any atom is 0.239 e. The maximum atomic E-state index is 13.5. The van der Waals surface area contributed by atoms with Gasteiger partial charge in [0.15, 0.2) is 0 Å². The van der Waals surface area contributed by atoms with E-state index in [9.17, 15) is 14.0 Å². The Kier molecular flexibility index (Phi) is 7.85. The van der Waals surface area contributed by atoms with E-state index >= 15 is 0 Å². The SMILES string of the molecule is CCCC=C(CCNC(=O)C1CCN(c2cccc(F)c2)C1=O)c1cc(Cl)ccc1C. The molecule has 1 aliphatic heterocycles. The monoisotopic (exact) mass is 442 g/mol. The number of nitrogens with one attached hydrogen (secondary N) is 1. The van der Waals surface area contributed by atoms with Gasteiger partial charge in [0.2, 0.25) is 11.8 Å². The topological polar surface area (TPSA) is 49.4 Å². The highest BCUT2D eigenvalue weighted by Gasteiger charge is 2.37. The zero-order chi connectivity index (χ0) is 22.4. The van der Waals surface area contributed by atoms with Crippen molar-refractivity contribution < 1.29 is 14.0 Å². The number of allylic oxidation sites excluding steroid dienone is 1. The van der Waals surface area contributed by atoms with E-state index in [2.05, 4.69) is 18.3 Å². The zero-order valence-electron chi connectivity index (χ0n) is 18.0. The summed E-state index contributed by atoms with van der Waals surface area (Å²) in [6.07, 6.45) is 5.24. The quantitative estimate of drug-likeness (QED) is 0.546. The summed E-state index contributed by atoms with van der Waals surface area (Å²) < 4.78 is 13.5. The van der Waals surface area contributed by atoms with Crippen LogP contribution in [0, 0.1) is 18.7 Å². The Morgan fingerprint density at radius 1 is 1.29 bits per heavy atom. The Morgan fingerprint density at radius 3 is 2.84 bits per heavy atom. The van der Waals surface area contributed by atoms with Gasteiger partial charge in [-0.15, -0.1) is 0 Å². The van der Waals surface area contributed by atoms with Crippen LogP contribution in [0.3, 0.4) is 0 Å². The second-order valence-corrected chi connectivity index (χ2v) is 8.27. The second-order valence-electron chi connectivity index (χ2n) is 7.83. The molecule has 2 aromatic rings. The fourth-order valence-electron chi connectivity index (χ4n) is 3.87. The van der Waals surface area contributed by atoms with E-state index in [4.69, 9.17) is 11.6 Å². The number of anilines is 1. The van der Waals surface area contributed by atoms with Crippen molar-refractivity contribution in [3.63, 3.8) is 0 Å². The smallest absolute Gasteiger partial charge is 0.239 e. The van der Waals surface area contributed by atoms with Gasteiger partial charge in [-0.25, -0.2) is 4.39 Å². The molecule has 0 aliphatic carbocycles. The van der Waals surface area contributed by atoms with Crippen molar-refractivity contribution in [2.24, 2.45) is 5.92 Å². The highest BCUT2D eigenvalue weighted by atomic mass is 35.5. The molecule has 1 fully saturated rings. The van der Waals surface area contributed by atoms with Crippen LogP contribution in [0.1, 0.15) is 43.7 Å². The van der Waals surface area contributed by atoms with Crippen molar-refractivity contribution in [2.75, 3.05) is 18.0 Å². The van der Waals surface area contributed by atoms with Gasteiger partial charge in [-0.3, -0.25) is 9.59 Å². The summed E-state index contributed by atoms with van der Waals surface area (Å²) in [5.41, 5.74) is 3.85. The van der Waals surface area contributed by atoms with E-state index in [1.165, 1.54) is 17.0 Å². The summed E-state index contributed by atoms with van der Waals surface area (Å²) in [6.45, 7) is 5.01. The first-order valence-corrected chi connectivity index (χ1v) is 11.1. The molecule has 0 saturated carbocycles. The molecular formula is C25H28ClFN2O2. The molecule has 4 nitrogen and oxygen atoms in total. The van der Waals surface area contributed by atoms with E-state index in [0.29, 0.717) is 36.6 Å². The molecule has 2 aromatic carbocycles. The second kappa shape index (κ2) is 10.6. The number of hydrogen-bond acceptors (Lipinski definition) is 2. The van der Waals surface area contributed by atoms with Crippen molar-refractivity contribution in [1.82, 2.24) is 5.32 Å². The standard InChI is InChI=1S/C25H28ClFN2O2/c1-3-4-6-18(23-15-19(26)10-9-17(23)2)11-13-28-24(30)22-12-14-29(25(22)31)21-8-5-7-20(27)16-21/h5-10,15-16,22H,3-4,11-14H2,1-2H3,(H,28,30). The fourth-order valence-corrected chi connectivity index (χ4v) is 4.04. The molecule has 3 rings (SSSR count). The molecule has 1 aliphatic rings. The van der Waals surface area contributed by atoms with Crippen LogP contribution >= 0.6 is 11.6 Å². The van der Waals surface area contributed by atoms with Gasteiger partial charge < -0.3 is 10.2 Å². The van der Waals surface area contributed by atoms with Gasteiger partial charge in [0, 0.05) is 23.8 Å². The summed E-state index contributed by atoms with van der Waals surface area (Å²) in [5, 5.41) is 3.60. The molecule has 0 bridgehead atoms. The highest BCUT2D eigenvalue weighted by Crippen LogP contribution is 2.27. The Labute approximate surface area is 188 Å². The molecule has 1 unspecified atom stereocenters. The summed E-state index contributed by atoms with van der Waals surface area (Å²) in [4.78, 5) is 26.9. The van der Waals surface area contributed by atoms with E-state index in [-0.39, 0.29) is 11.8 Å². The average Bonchev–Trinajstić information content (AvgIpc) is 3.13. The van der Waals surface area contributed by atoms with Crippen LogP contribution in [0.2, 0.25) is 5.02 Å². The number of nitrogens with zero attached hydrogens (tertiary/aromatic N) is 1. The largest absolute Gasteiger partial charge is 0.355 e. The predicted molar refractivity (Wildman–Crippen MR) is 124 cm³/mol. The van der Waals surface area contributed by atoms with Gasteiger partial charge in [0.05, 0.1) is 0 Å². The number of carbonyl (C=O) groups is 2. The van der Waals surface area contributed by atoms with Gasteiger partial charge in [0.1, 0.15) is 11.7 Å². The third kappa shape index (κ3) is 5.73. The van der Waals surface area contributed by atoms with E-state index < -0.39 is 11.7 Å². The molecule has 6 heteroatoms. The van der Waals surface area contributed by atoms with Gasteiger partial charge in [0.25, 0.3) is 0 Å². The van der Waals surface area contributed by atoms with Crippen LogP contribution in [0.5, 0.6) is 0 Å². The molecule has 1 heterocycles. The summed E-state index contributed by atoms with van der Waals surface area (Å²) in [7, 11) is 0. The minimum Gasteiger partial charge on any atom is -0.355 e. The van der Waals surface area contributed by atoms with Crippen molar-refractivity contribution in [3.8, 4) is 0 Å². The Bertz CT molecular complexity index is 989. The molecule has 2 amide bonds. The summed E-state index contributed by atoms with van der Waals surface area (Å²) in [5.74, 6) is -1.70. The van der Waals surface area contributed by atoms with Crippen molar-refractivity contribution in [2.45, 2.75) is 39.5 Å². The molecular weight excluding hydrogens is 415 g/mol. The van der Waals surface area contributed by atoms with Crippen molar-refractivity contribution in [3.05, 3.63) is 70.5 Å². The lowest BCUT2D eigenvalue weighted by Crippen LogP contribution is -2.37. The van der Waals surface area contributed by atoms with Crippen LogP contribution < -0.4 is 10.2 Å². The maximum absolute atomic E-state index is 13.5. The van der Waals surface area contributed by atoms with Crippen LogP contribution in [-0.4, -0.2) is 24.9 Å². The van der Waals surface area contributed by atoms with E-state index in [1.807, 2.05) is 25.1 Å². The van der Waals surface area contributed by atoms with Crippen molar-refractivity contribution in [1.29, 1.82) is 0 Å². The van der Waals surface area contributed by atoms with E-state index in [1.54, 1.807) is 12.1 Å². The number of amides is 2. The first-order valence-electron chi connectivity index (χ1n) is 10.7. The van der Waals surface area contributed by atoms with Gasteiger partial charge in [-0.1, -0.05) is 43.2 Å². The summed E-state index contributed by atoms with van der Waals surface area (Å²) >= 11 is 6.19. The number of hydrogen-bond donors (Lipinski definition) is 1. The van der Waals surface area contributed by atoms with Gasteiger partial charge >= 0.3 is 0 Å². The Balaban J connectivity index is 1.61. The number of unbranched alkanes of at least 4 members (excludes halogenated alkanes) is 1. The highest BCUT2D eigenvalue weighted by molar-refractivity contribution is 6.30. The first kappa shape index (κ1) is 23.0. The first-order chi connectivity index (χ1) is 14.9. The van der Waals surface area contributed by atoms with E-state index in [0.717, 1.165) is 29.5 Å². The van der Waals surface area contributed by atoms with Crippen LogP contribution in [0.25, 0.3) is 5.57 Å². The number of aryl methyl sites for hydroxylation is 1. The Morgan fingerprint density at radius 2 is 2.10 bits per heavy atom. The fraction of sp³-hybridized carbons (Fsp3) is 0.360. The number of benzene rings is 2. The van der Waals surface area contributed by atoms with Crippen molar-refractivity contribution >= 4 is 34.7 Å². The van der Waals surface area contributed by atoms with Crippen LogP contribution in [0.15, 0.2) is 48.5 Å². The van der Waals surface area contributed by atoms with Gasteiger partial charge in [-0.2, -0.15) is 0 Å². The molecule has 31 heavy (non-hydrogen) atoms. The minimum atomic E-state index is -0.737. The number of halogens is 2. The molecule has 0 radical (unpaired) electrons. The third-order valence-electron chi connectivity index (χ3n) is 5.56. The van der Waals surface area contributed by atoms with Gasteiger partial charge in [-0.05, 0) is 73.2 Å². The minimum absolute atomic E-state index is 0.276.